The molecule has 0 saturated heterocycles. The molecule has 1 heterocycles. The number of rotatable bonds is 4. The number of nitrogens with zero attached hydrogens (tertiary/aromatic N) is 2. The molecule has 0 aromatic carbocycles. The van der Waals surface area contributed by atoms with Crippen molar-refractivity contribution in [2.45, 2.75) is 13.2 Å². The molecule has 13 heavy (non-hydrogen) atoms. The average Bonchev–Trinajstić information content (AvgIpc) is 2.47. The van der Waals surface area contributed by atoms with E-state index in [2.05, 4.69) is 0 Å². The first-order valence-corrected chi connectivity index (χ1v) is 3.87. The second-order valence-electron chi connectivity index (χ2n) is 2.51. The fourth-order valence-electron chi connectivity index (χ4n) is 0.986. The molecule has 0 aliphatic heterocycles. The summed E-state index contributed by atoms with van der Waals surface area (Å²) in [5, 5.41) is 0. The molecule has 1 atom stereocenters. The summed E-state index contributed by atoms with van der Waals surface area (Å²) in [5.41, 5.74) is 0. The number of ether oxygens (including phenoxy) is 1. The van der Waals surface area contributed by atoms with Crippen molar-refractivity contribution < 1.29 is 38.1 Å². The summed E-state index contributed by atoms with van der Waals surface area (Å²) < 4.78 is 8.75. The molecule has 1 aromatic heterocycles. The van der Waals surface area contributed by atoms with Gasteiger partial charge >= 0.3 is 0 Å². The second kappa shape index (κ2) is 6.09. The van der Waals surface area contributed by atoms with Gasteiger partial charge in [0, 0.05) is 6.61 Å². The number of hydrogen-bond acceptors (Lipinski definition) is 2. The Morgan fingerprint density at radius 3 is 2.77 bits per heavy atom. The summed E-state index contributed by atoms with van der Waals surface area (Å²) in [7, 11) is 1.89. The van der Waals surface area contributed by atoms with Crippen LogP contribution in [0.3, 0.4) is 0 Å². The van der Waals surface area contributed by atoms with E-state index in [1.54, 1.807) is 17.1 Å². The van der Waals surface area contributed by atoms with Crippen LogP contribution in [0.1, 0.15) is 13.2 Å². The van der Waals surface area contributed by atoms with E-state index < -0.39 is 6.23 Å². The van der Waals surface area contributed by atoms with Gasteiger partial charge in [0.25, 0.3) is 6.23 Å². The van der Waals surface area contributed by atoms with Crippen LogP contribution in [0.2, 0.25) is 0 Å². The molecule has 0 radical (unpaired) electrons. The Hall–Kier alpha value is -0.430. The zero-order valence-electron chi connectivity index (χ0n) is 7.68. The zero-order valence-corrected chi connectivity index (χ0v) is 9.84. The molecular formula is C8H13IN2O2. The maximum absolute atomic E-state index is 10.5. The van der Waals surface area contributed by atoms with E-state index in [0.717, 1.165) is 6.29 Å². The molecule has 0 amide bonds. The molecule has 0 fully saturated rings. The van der Waals surface area contributed by atoms with Gasteiger partial charge < -0.3 is 28.7 Å². The number of aldehydes is 1. The smallest absolute Gasteiger partial charge is 0.259 e. The minimum absolute atomic E-state index is 0. The third-order valence-electron chi connectivity index (χ3n) is 1.54. The van der Waals surface area contributed by atoms with E-state index >= 15 is 0 Å². The van der Waals surface area contributed by atoms with Crippen molar-refractivity contribution in [3.05, 3.63) is 18.7 Å². The van der Waals surface area contributed by atoms with Crippen LogP contribution in [0.25, 0.3) is 0 Å². The number of hydrogen-bond donors (Lipinski definition) is 0. The van der Waals surface area contributed by atoms with E-state index in [-0.39, 0.29) is 24.0 Å². The highest BCUT2D eigenvalue weighted by Gasteiger charge is 2.13. The summed E-state index contributed by atoms with van der Waals surface area (Å²) in [6, 6.07) is 0. The SMILES string of the molecule is CCOC(C=O)n1cc[n+](C)c1.[I-]. The van der Waals surface area contributed by atoms with E-state index in [9.17, 15) is 4.79 Å². The van der Waals surface area contributed by atoms with Crippen LogP contribution in [0.15, 0.2) is 18.7 Å². The third-order valence-corrected chi connectivity index (χ3v) is 1.54. The van der Waals surface area contributed by atoms with Crippen LogP contribution in [0.4, 0.5) is 0 Å². The highest BCUT2D eigenvalue weighted by atomic mass is 127. The van der Waals surface area contributed by atoms with Crippen molar-refractivity contribution in [2.24, 2.45) is 7.05 Å². The lowest BCUT2D eigenvalue weighted by atomic mass is 10.6. The maximum atomic E-state index is 10.5. The number of carbonyl (C=O) groups is 1. The van der Waals surface area contributed by atoms with Crippen molar-refractivity contribution in [2.75, 3.05) is 6.61 Å². The fourth-order valence-corrected chi connectivity index (χ4v) is 0.986. The first kappa shape index (κ1) is 12.6. The molecular weight excluding hydrogens is 283 g/mol. The quantitative estimate of drug-likeness (QED) is 0.338. The number of aromatic nitrogens is 2. The van der Waals surface area contributed by atoms with Crippen LogP contribution in [-0.2, 0) is 16.6 Å². The van der Waals surface area contributed by atoms with Crippen molar-refractivity contribution in [1.29, 1.82) is 0 Å². The van der Waals surface area contributed by atoms with Crippen LogP contribution in [0.5, 0.6) is 0 Å². The van der Waals surface area contributed by atoms with Crippen LogP contribution >= 0.6 is 0 Å². The van der Waals surface area contributed by atoms with Gasteiger partial charge in [-0.3, -0.25) is 4.79 Å². The van der Waals surface area contributed by atoms with Gasteiger partial charge in [0.05, 0.1) is 7.05 Å². The lowest BCUT2D eigenvalue weighted by Gasteiger charge is -2.04. The first-order chi connectivity index (χ1) is 5.77. The van der Waals surface area contributed by atoms with Crippen molar-refractivity contribution in [1.82, 2.24) is 4.57 Å². The molecule has 0 N–H and O–H groups in total. The van der Waals surface area contributed by atoms with Crippen LogP contribution < -0.4 is 28.5 Å². The van der Waals surface area contributed by atoms with Crippen molar-refractivity contribution >= 4 is 6.29 Å². The van der Waals surface area contributed by atoms with E-state index in [4.69, 9.17) is 4.74 Å². The molecule has 1 rings (SSSR count). The molecule has 74 valence electrons. The van der Waals surface area contributed by atoms with E-state index in [1.165, 1.54) is 0 Å². The average molecular weight is 296 g/mol. The van der Waals surface area contributed by atoms with E-state index in [0.29, 0.717) is 6.61 Å². The molecule has 0 bridgehead atoms. The highest BCUT2D eigenvalue weighted by molar-refractivity contribution is 5.53. The first-order valence-electron chi connectivity index (χ1n) is 3.87. The predicted octanol–water partition coefficient (Wildman–Crippen LogP) is -2.95. The highest BCUT2D eigenvalue weighted by Crippen LogP contribution is 2.02. The Bertz CT molecular complexity index is 262. The summed E-state index contributed by atoms with van der Waals surface area (Å²) in [6.07, 6.45) is 5.75. The topological polar surface area (TPSA) is 35.1 Å². The zero-order chi connectivity index (χ0) is 8.97. The van der Waals surface area contributed by atoms with Gasteiger partial charge in [0.2, 0.25) is 6.33 Å². The predicted molar refractivity (Wildman–Crippen MR) is 42.3 cm³/mol. The van der Waals surface area contributed by atoms with Gasteiger partial charge in [-0.25, -0.2) is 9.13 Å². The Balaban J connectivity index is 0.00000144. The lowest BCUT2D eigenvalue weighted by molar-refractivity contribution is -0.671. The van der Waals surface area contributed by atoms with Gasteiger partial charge in [-0.05, 0) is 6.92 Å². The minimum atomic E-state index is -0.490. The van der Waals surface area contributed by atoms with Gasteiger partial charge in [0.1, 0.15) is 12.4 Å². The van der Waals surface area contributed by atoms with Gasteiger partial charge in [0.15, 0.2) is 6.29 Å². The Kier molecular flexibility index (Phi) is 5.89. The normalized spacial score (nSPS) is 11.8. The standard InChI is InChI=1S/C8H13N2O2.HI/c1-3-12-8(6-11)10-5-4-9(2)7-10;/h4-8H,3H2,1-2H3;1H/q+1;/p-1. The van der Waals surface area contributed by atoms with Gasteiger partial charge in [-0.2, -0.15) is 0 Å². The van der Waals surface area contributed by atoms with Gasteiger partial charge in [-0.1, -0.05) is 0 Å². The summed E-state index contributed by atoms with van der Waals surface area (Å²) in [5.74, 6) is 0. The van der Waals surface area contributed by atoms with Crippen molar-refractivity contribution in [3.8, 4) is 0 Å². The summed E-state index contributed by atoms with van der Waals surface area (Å²) in [6.45, 7) is 2.39. The molecule has 0 spiro atoms. The Labute approximate surface area is 94.5 Å². The maximum Gasteiger partial charge on any atom is 0.259 e. The lowest BCUT2D eigenvalue weighted by Crippen LogP contribution is -3.00. The fraction of sp³-hybridized carbons (Fsp3) is 0.500. The number of aryl methyl sites for hydroxylation is 1. The summed E-state index contributed by atoms with van der Waals surface area (Å²) in [4.78, 5) is 10.5. The monoisotopic (exact) mass is 296 g/mol. The molecule has 0 saturated carbocycles. The van der Waals surface area contributed by atoms with Crippen LogP contribution in [0, 0.1) is 0 Å². The largest absolute Gasteiger partial charge is 1.00 e. The minimum Gasteiger partial charge on any atom is -1.00 e. The molecule has 1 unspecified atom stereocenters. The summed E-state index contributed by atoms with van der Waals surface area (Å²) >= 11 is 0. The number of halogens is 1. The molecule has 1 aromatic rings. The molecule has 5 heteroatoms. The molecule has 0 aliphatic carbocycles. The number of imidazole rings is 1. The van der Waals surface area contributed by atoms with Gasteiger partial charge in [-0.15, -0.1) is 0 Å². The van der Waals surface area contributed by atoms with Crippen molar-refractivity contribution in [3.63, 3.8) is 0 Å². The Morgan fingerprint density at radius 2 is 2.38 bits per heavy atom. The Morgan fingerprint density at radius 1 is 1.69 bits per heavy atom. The van der Waals surface area contributed by atoms with E-state index in [1.807, 2.05) is 24.7 Å². The molecule has 4 nitrogen and oxygen atoms in total. The molecule has 0 aliphatic rings. The van der Waals surface area contributed by atoms with Crippen LogP contribution in [-0.4, -0.2) is 17.5 Å². The third kappa shape index (κ3) is 3.43. The second-order valence-corrected chi connectivity index (χ2v) is 2.51. The number of carbonyl (C=O) groups excluding carboxylic acids is 1.